The zero-order valence-corrected chi connectivity index (χ0v) is 18.5. The summed E-state index contributed by atoms with van der Waals surface area (Å²) in [5.74, 6) is 1.87. The lowest BCUT2D eigenvalue weighted by Crippen LogP contribution is -2.37. The van der Waals surface area contributed by atoms with Crippen molar-refractivity contribution in [3.05, 3.63) is 53.7 Å². The zero-order chi connectivity index (χ0) is 17.3. The first-order valence-corrected chi connectivity index (χ1v) is 10.0. The third kappa shape index (κ3) is 6.10. The maximum Gasteiger partial charge on any atom is 0.191 e. The minimum absolute atomic E-state index is 0. The van der Waals surface area contributed by atoms with Gasteiger partial charge in [0.1, 0.15) is 4.34 Å². The van der Waals surface area contributed by atoms with Gasteiger partial charge in [-0.1, -0.05) is 30.0 Å². The maximum atomic E-state index is 4.40. The monoisotopic (exact) mass is 499 g/mol. The van der Waals surface area contributed by atoms with Gasteiger partial charge in [-0.3, -0.25) is 9.98 Å². The van der Waals surface area contributed by atoms with E-state index >= 15 is 0 Å². The van der Waals surface area contributed by atoms with Crippen LogP contribution in [-0.2, 0) is 6.54 Å². The number of pyridine rings is 1. The van der Waals surface area contributed by atoms with Crippen molar-refractivity contribution < 1.29 is 0 Å². The molecule has 2 aromatic heterocycles. The van der Waals surface area contributed by atoms with Crippen LogP contribution in [0.3, 0.4) is 0 Å². The standard InChI is InChI=1S/C18H21N5S2.HI/c1-19-17(21-8-4-11-24-18-22-10-12-25-18)23-13-14-7-9-20-16-6-3-2-5-15(14)16;/h2-3,5-7,9-10,12H,4,8,11,13H2,1H3,(H2,19,21,23);1H. The van der Waals surface area contributed by atoms with Crippen molar-refractivity contribution >= 4 is 63.9 Å². The van der Waals surface area contributed by atoms with Crippen LogP contribution in [0, 0.1) is 0 Å². The molecule has 3 rings (SSSR count). The van der Waals surface area contributed by atoms with Gasteiger partial charge in [0.2, 0.25) is 0 Å². The summed E-state index contributed by atoms with van der Waals surface area (Å²) in [6, 6.07) is 10.2. The number of halogens is 1. The number of nitrogens with zero attached hydrogens (tertiary/aromatic N) is 3. The number of benzene rings is 1. The van der Waals surface area contributed by atoms with Gasteiger partial charge in [0.15, 0.2) is 5.96 Å². The van der Waals surface area contributed by atoms with E-state index in [0.29, 0.717) is 0 Å². The lowest BCUT2D eigenvalue weighted by atomic mass is 10.1. The van der Waals surface area contributed by atoms with Gasteiger partial charge in [-0.2, -0.15) is 0 Å². The van der Waals surface area contributed by atoms with Gasteiger partial charge in [0, 0.05) is 49.1 Å². The molecule has 0 spiro atoms. The van der Waals surface area contributed by atoms with Crippen molar-refractivity contribution in [3.63, 3.8) is 0 Å². The van der Waals surface area contributed by atoms with Crippen molar-refractivity contribution in [2.24, 2.45) is 4.99 Å². The SMILES string of the molecule is CN=C(NCCCSc1nccs1)NCc1ccnc2ccccc12.I. The van der Waals surface area contributed by atoms with Gasteiger partial charge in [0.05, 0.1) is 5.52 Å². The lowest BCUT2D eigenvalue weighted by molar-refractivity contribution is 0.787. The van der Waals surface area contributed by atoms with E-state index in [4.69, 9.17) is 0 Å². The van der Waals surface area contributed by atoms with Crippen molar-refractivity contribution in [2.75, 3.05) is 19.3 Å². The third-order valence-electron chi connectivity index (χ3n) is 3.66. The molecule has 0 atom stereocenters. The van der Waals surface area contributed by atoms with E-state index in [1.807, 2.05) is 42.0 Å². The summed E-state index contributed by atoms with van der Waals surface area (Å²) in [6.45, 7) is 1.60. The Hall–Kier alpha value is -1.39. The minimum Gasteiger partial charge on any atom is -0.356 e. The van der Waals surface area contributed by atoms with Gasteiger partial charge in [-0.15, -0.1) is 35.3 Å². The fourth-order valence-electron chi connectivity index (χ4n) is 2.43. The highest BCUT2D eigenvalue weighted by atomic mass is 127. The van der Waals surface area contributed by atoms with Gasteiger partial charge in [0.25, 0.3) is 0 Å². The van der Waals surface area contributed by atoms with Gasteiger partial charge < -0.3 is 10.6 Å². The summed E-state index contributed by atoms with van der Waals surface area (Å²) in [6.07, 6.45) is 4.76. The Morgan fingerprint density at radius 1 is 1.15 bits per heavy atom. The molecule has 8 heteroatoms. The molecule has 0 fully saturated rings. The normalized spacial score (nSPS) is 11.2. The minimum atomic E-state index is 0. The second-order valence-electron chi connectivity index (χ2n) is 5.34. The van der Waals surface area contributed by atoms with E-state index in [1.165, 1.54) is 10.9 Å². The zero-order valence-electron chi connectivity index (χ0n) is 14.5. The van der Waals surface area contributed by atoms with Crippen LogP contribution in [0.2, 0.25) is 0 Å². The highest BCUT2D eigenvalue weighted by molar-refractivity contribution is 14.0. The quantitative estimate of drug-likeness (QED) is 0.168. The molecule has 0 saturated heterocycles. The molecular weight excluding hydrogens is 477 g/mol. The molecule has 0 amide bonds. The van der Waals surface area contributed by atoms with Gasteiger partial charge in [-0.05, 0) is 24.1 Å². The Kier molecular flexibility index (Phi) is 9.13. The molecule has 0 aliphatic carbocycles. The van der Waals surface area contributed by atoms with Crippen LogP contribution in [0.15, 0.2) is 57.4 Å². The molecule has 0 unspecified atom stereocenters. The first kappa shape index (κ1) is 20.9. The number of hydrogen-bond donors (Lipinski definition) is 2. The predicted octanol–water partition coefficient (Wildman–Crippen LogP) is 4.16. The molecule has 0 radical (unpaired) electrons. The fourth-order valence-corrected chi connectivity index (χ4v) is 4.08. The second-order valence-corrected chi connectivity index (χ2v) is 7.58. The molecule has 1 aromatic carbocycles. The number of aromatic nitrogens is 2. The van der Waals surface area contributed by atoms with Gasteiger partial charge >= 0.3 is 0 Å². The number of thioether (sulfide) groups is 1. The Morgan fingerprint density at radius 2 is 2.04 bits per heavy atom. The summed E-state index contributed by atoms with van der Waals surface area (Å²) in [5, 5.41) is 9.92. The number of guanidine groups is 1. The molecule has 2 heterocycles. The smallest absolute Gasteiger partial charge is 0.191 e. The van der Waals surface area contributed by atoms with Crippen LogP contribution in [-0.4, -0.2) is 35.3 Å². The number of para-hydroxylation sites is 1. The molecule has 3 aromatic rings. The van der Waals surface area contributed by atoms with E-state index in [2.05, 4.69) is 31.7 Å². The van der Waals surface area contributed by atoms with E-state index in [9.17, 15) is 0 Å². The van der Waals surface area contributed by atoms with Crippen LogP contribution < -0.4 is 10.6 Å². The molecule has 2 N–H and O–H groups in total. The molecular formula is C18H22IN5S2. The van der Waals surface area contributed by atoms with Crippen molar-refractivity contribution in [1.82, 2.24) is 20.6 Å². The first-order chi connectivity index (χ1) is 12.4. The number of thiazole rings is 1. The summed E-state index contributed by atoms with van der Waals surface area (Å²) in [4.78, 5) is 13.0. The first-order valence-electron chi connectivity index (χ1n) is 8.16. The number of rotatable bonds is 7. The topological polar surface area (TPSA) is 62.2 Å². The number of aliphatic imine (C=N–C) groups is 1. The van der Waals surface area contributed by atoms with E-state index in [1.54, 1.807) is 30.1 Å². The lowest BCUT2D eigenvalue weighted by Gasteiger charge is -2.12. The number of fused-ring (bicyclic) bond motifs is 1. The summed E-state index contributed by atoms with van der Waals surface area (Å²) >= 11 is 3.49. The average molecular weight is 499 g/mol. The van der Waals surface area contributed by atoms with E-state index in [-0.39, 0.29) is 24.0 Å². The largest absolute Gasteiger partial charge is 0.356 e. The maximum absolute atomic E-state index is 4.40. The summed E-state index contributed by atoms with van der Waals surface area (Å²) in [7, 11) is 1.80. The summed E-state index contributed by atoms with van der Waals surface area (Å²) < 4.78 is 1.13. The third-order valence-corrected chi connectivity index (χ3v) is 5.71. The molecule has 138 valence electrons. The second kappa shape index (κ2) is 11.3. The molecule has 0 bridgehead atoms. The van der Waals surface area contributed by atoms with E-state index < -0.39 is 0 Å². The van der Waals surface area contributed by atoms with E-state index in [0.717, 1.165) is 41.1 Å². The molecule has 0 aliphatic rings. The van der Waals surface area contributed by atoms with Crippen molar-refractivity contribution in [3.8, 4) is 0 Å². The van der Waals surface area contributed by atoms with Crippen LogP contribution >= 0.6 is 47.1 Å². The van der Waals surface area contributed by atoms with Crippen LogP contribution in [0.25, 0.3) is 10.9 Å². The van der Waals surface area contributed by atoms with Crippen LogP contribution in [0.1, 0.15) is 12.0 Å². The summed E-state index contributed by atoms with van der Waals surface area (Å²) in [5.41, 5.74) is 2.23. The predicted molar refractivity (Wildman–Crippen MR) is 123 cm³/mol. The fraction of sp³-hybridized carbons (Fsp3) is 0.278. The Morgan fingerprint density at radius 3 is 2.85 bits per heavy atom. The molecule has 0 aliphatic heterocycles. The molecule has 0 saturated carbocycles. The molecule has 5 nitrogen and oxygen atoms in total. The average Bonchev–Trinajstić information content (AvgIpc) is 3.17. The highest BCUT2D eigenvalue weighted by Gasteiger charge is 2.03. The Bertz CT molecular complexity index is 818. The van der Waals surface area contributed by atoms with Crippen LogP contribution in [0.5, 0.6) is 0 Å². The number of hydrogen-bond acceptors (Lipinski definition) is 5. The van der Waals surface area contributed by atoms with Gasteiger partial charge in [-0.25, -0.2) is 4.98 Å². The highest BCUT2D eigenvalue weighted by Crippen LogP contribution is 2.20. The molecule has 26 heavy (non-hydrogen) atoms. The van der Waals surface area contributed by atoms with Crippen molar-refractivity contribution in [2.45, 2.75) is 17.3 Å². The Balaban J connectivity index is 0.00000243. The van der Waals surface area contributed by atoms with Crippen molar-refractivity contribution in [1.29, 1.82) is 0 Å². The van der Waals surface area contributed by atoms with Crippen LogP contribution in [0.4, 0.5) is 0 Å². The Labute approximate surface area is 179 Å². The number of nitrogens with one attached hydrogen (secondary N) is 2.